The molecule has 0 fully saturated rings. The summed E-state index contributed by atoms with van der Waals surface area (Å²) in [6, 6.07) is 3.00. The maximum atomic E-state index is 13.1. The largest absolute Gasteiger partial charge is 0.464 e. The number of hydrogen-bond donors (Lipinski definition) is 2. The lowest BCUT2D eigenvalue weighted by Crippen LogP contribution is -2.40. The fraction of sp³-hybridized carbons (Fsp3) is 0.333. The van der Waals surface area contributed by atoms with Crippen molar-refractivity contribution in [1.29, 1.82) is 0 Å². The first-order chi connectivity index (χ1) is 9.93. The number of esters is 1. The molecule has 112 valence electrons. The number of nitrogen functional groups attached to an aromatic ring is 1. The number of hydrogen-bond acceptors (Lipinski definition) is 4. The Morgan fingerprint density at radius 1 is 1.48 bits per heavy atom. The van der Waals surface area contributed by atoms with Gasteiger partial charge in [0.2, 0.25) is 5.91 Å². The van der Waals surface area contributed by atoms with Gasteiger partial charge in [-0.25, -0.2) is 9.18 Å². The molecular weight excluding hydrogens is 275 g/mol. The lowest BCUT2D eigenvalue weighted by atomic mass is 10.1. The highest BCUT2D eigenvalue weighted by Gasteiger charge is 2.19. The average Bonchev–Trinajstić information content (AvgIpc) is 2.41. The Bertz CT molecular complexity index is 590. The summed E-state index contributed by atoms with van der Waals surface area (Å²) in [5.74, 6) is 4.01. The Balaban J connectivity index is 2.81. The van der Waals surface area contributed by atoms with Gasteiger partial charge in [-0.2, -0.15) is 0 Å². The van der Waals surface area contributed by atoms with E-state index in [0.717, 1.165) is 0 Å². The fourth-order valence-corrected chi connectivity index (χ4v) is 1.57. The van der Waals surface area contributed by atoms with Crippen LogP contribution in [0.25, 0.3) is 0 Å². The lowest BCUT2D eigenvalue weighted by Gasteiger charge is -2.13. The summed E-state index contributed by atoms with van der Waals surface area (Å²) in [5, 5.41) is 2.46. The van der Waals surface area contributed by atoms with Crippen molar-refractivity contribution in [3.63, 3.8) is 0 Å². The van der Waals surface area contributed by atoms with Crippen molar-refractivity contribution < 1.29 is 18.7 Å². The fourth-order valence-electron chi connectivity index (χ4n) is 1.57. The molecule has 0 aliphatic carbocycles. The predicted octanol–water partition coefficient (Wildman–Crippen LogP) is 1.22. The molecule has 1 aromatic carbocycles. The summed E-state index contributed by atoms with van der Waals surface area (Å²) < 4.78 is 17.9. The van der Waals surface area contributed by atoms with E-state index in [4.69, 9.17) is 10.5 Å². The molecule has 0 aliphatic heterocycles. The number of carbonyl (C=O) groups is 2. The Morgan fingerprint density at radius 3 is 2.81 bits per heavy atom. The SMILES string of the molecule is CCOC(=O)C(CC#Cc1cc(F)ccc1N)NC(C)=O. The van der Waals surface area contributed by atoms with Crippen LogP contribution >= 0.6 is 0 Å². The molecule has 3 N–H and O–H groups in total. The summed E-state index contributed by atoms with van der Waals surface area (Å²) >= 11 is 0. The maximum absolute atomic E-state index is 13.1. The van der Waals surface area contributed by atoms with Crippen LogP contribution in [0.4, 0.5) is 10.1 Å². The zero-order valence-electron chi connectivity index (χ0n) is 11.9. The van der Waals surface area contributed by atoms with E-state index in [2.05, 4.69) is 17.2 Å². The van der Waals surface area contributed by atoms with E-state index in [1.54, 1.807) is 6.92 Å². The van der Waals surface area contributed by atoms with Gasteiger partial charge < -0.3 is 15.8 Å². The molecule has 0 heterocycles. The van der Waals surface area contributed by atoms with E-state index in [1.807, 2.05) is 0 Å². The lowest BCUT2D eigenvalue weighted by molar-refractivity contribution is -0.147. The van der Waals surface area contributed by atoms with Crippen molar-refractivity contribution in [3.8, 4) is 11.8 Å². The Kier molecular flexibility index (Phi) is 6.21. The third-order valence-electron chi connectivity index (χ3n) is 2.49. The second-order valence-corrected chi connectivity index (χ2v) is 4.24. The van der Waals surface area contributed by atoms with Gasteiger partial charge in [0.05, 0.1) is 12.2 Å². The van der Waals surface area contributed by atoms with Crippen LogP contribution in [0, 0.1) is 17.7 Å². The molecule has 0 saturated heterocycles. The molecule has 0 spiro atoms. The molecule has 1 aromatic rings. The molecule has 0 bridgehead atoms. The van der Waals surface area contributed by atoms with Crippen LogP contribution in [-0.4, -0.2) is 24.5 Å². The van der Waals surface area contributed by atoms with Gasteiger partial charge in [0.15, 0.2) is 0 Å². The number of amides is 1. The second kappa shape index (κ2) is 7.90. The Hall–Kier alpha value is -2.55. The van der Waals surface area contributed by atoms with Gasteiger partial charge >= 0.3 is 5.97 Å². The summed E-state index contributed by atoms with van der Waals surface area (Å²) in [4.78, 5) is 22.7. The molecule has 1 atom stereocenters. The predicted molar refractivity (Wildman–Crippen MR) is 76.5 cm³/mol. The van der Waals surface area contributed by atoms with Gasteiger partial charge in [0.25, 0.3) is 0 Å². The third kappa shape index (κ3) is 5.53. The number of carbonyl (C=O) groups excluding carboxylic acids is 2. The molecule has 0 aliphatic rings. The smallest absolute Gasteiger partial charge is 0.329 e. The standard InChI is InChI=1S/C15H17FN2O3/c1-3-21-15(20)14(18-10(2)19)6-4-5-11-9-12(16)7-8-13(11)17/h7-9,14H,3,6,17H2,1-2H3,(H,18,19). The van der Waals surface area contributed by atoms with Crippen LogP contribution in [0.1, 0.15) is 25.8 Å². The number of benzene rings is 1. The van der Waals surface area contributed by atoms with Crippen LogP contribution in [0.2, 0.25) is 0 Å². The van der Waals surface area contributed by atoms with Gasteiger partial charge in [-0.15, -0.1) is 0 Å². The van der Waals surface area contributed by atoms with Gasteiger partial charge in [-0.3, -0.25) is 4.79 Å². The first-order valence-electron chi connectivity index (χ1n) is 6.41. The molecule has 6 heteroatoms. The molecule has 1 rings (SSSR count). The summed E-state index contributed by atoms with van der Waals surface area (Å²) in [5.41, 5.74) is 6.34. The molecule has 1 amide bonds. The van der Waals surface area contributed by atoms with Gasteiger partial charge in [0.1, 0.15) is 11.9 Å². The third-order valence-corrected chi connectivity index (χ3v) is 2.49. The minimum Gasteiger partial charge on any atom is -0.464 e. The normalized spacial score (nSPS) is 11.0. The van der Waals surface area contributed by atoms with Crippen LogP contribution < -0.4 is 11.1 Å². The van der Waals surface area contributed by atoms with Gasteiger partial charge in [-0.05, 0) is 25.1 Å². The highest BCUT2D eigenvalue weighted by atomic mass is 19.1. The highest BCUT2D eigenvalue weighted by Crippen LogP contribution is 2.11. The van der Waals surface area contributed by atoms with Crippen molar-refractivity contribution in [3.05, 3.63) is 29.6 Å². The van der Waals surface area contributed by atoms with Gasteiger partial charge in [0, 0.05) is 19.0 Å². The molecule has 0 saturated carbocycles. The van der Waals surface area contributed by atoms with E-state index < -0.39 is 17.8 Å². The van der Waals surface area contributed by atoms with Crippen molar-refractivity contribution >= 4 is 17.6 Å². The maximum Gasteiger partial charge on any atom is 0.329 e. The minimum absolute atomic E-state index is 0.0500. The van der Waals surface area contributed by atoms with E-state index >= 15 is 0 Å². The first-order valence-corrected chi connectivity index (χ1v) is 6.41. The molecule has 21 heavy (non-hydrogen) atoms. The molecule has 0 radical (unpaired) electrons. The zero-order chi connectivity index (χ0) is 15.8. The van der Waals surface area contributed by atoms with Crippen molar-refractivity contribution in [1.82, 2.24) is 5.32 Å². The molecular formula is C15H17FN2O3. The van der Waals surface area contributed by atoms with Crippen molar-refractivity contribution in [2.75, 3.05) is 12.3 Å². The minimum atomic E-state index is -0.857. The number of nitrogens with two attached hydrogens (primary N) is 1. The van der Waals surface area contributed by atoms with E-state index in [-0.39, 0.29) is 18.9 Å². The monoisotopic (exact) mass is 292 g/mol. The Labute approximate surface area is 122 Å². The quantitative estimate of drug-likeness (QED) is 0.496. The zero-order valence-corrected chi connectivity index (χ0v) is 11.9. The number of halogens is 1. The van der Waals surface area contributed by atoms with E-state index in [0.29, 0.717) is 11.3 Å². The molecule has 1 unspecified atom stereocenters. The van der Waals surface area contributed by atoms with Crippen LogP contribution in [0.5, 0.6) is 0 Å². The number of nitrogens with one attached hydrogen (secondary N) is 1. The summed E-state index contributed by atoms with van der Waals surface area (Å²) in [6.07, 6.45) is 0.0500. The number of anilines is 1. The van der Waals surface area contributed by atoms with Gasteiger partial charge in [-0.1, -0.05) is 11.8 Å². The summed E-state index contributed by atoms with van der Waals surface area (Å²) in [6.45, 7) is 3.17. The van der Waals surface area contributed by atoms with Crippen LogP contribution in [0.15, 0.2) is 18.2 Å². The Morgan fingerprint density at radius 2 is 2.19 bits per heavy atom. The van der Waals surface area contributed by atoms with Crippen LogP contribution in [-0.2, 0) is 14.3 Å². The van der Waals surface area contributed by atoms with Crippen molar-refractivity contribution in [2.24, 2.45) is 0 Å². The van der Waals surface area contributed by atoms with E-state index in [1.165, 1.54) is 25.1 Å². The second-order valence-electron chi connectivity index (χ2n) is 4.24. The highest BCUT2D eigenvalue weighted by molar-refractivity contribution is 5.83. The van der Waals surface area contributed by atoms with E-state index in [9.17, 15) is 14.0 Å². The van der Waals surface area contributed by atoms with Crippen molar-refractivity contribution in [2.45, 2.75) is 26.3 Å². The first kappa shape index (κ1) is 16.5. The van der Waals surface area contributed by atoms with Crippen LogP contribution in [0.3, 0.4) is 0 Å². The average molecular weight is 292 g/mol. The number of rotatable bonds is 4. The summed E-state index contributed by atoms with van der Waals surface area (Å²) in [7, 11) is 0. The molecule has 5 nitrogen and oxygen atoms in total. The molecule has 0 aromatic heterocycles. The number of ether oxygens (including phenoxy) is 1. The topological polar surface area (TPSA) is 81.4 Å².